The minimum atomic E-state index is -0.950. The summed E-state index contributed by atoms with van der Waals surface area (Å²) in [6.45, 7) is 1.83. The molecule has 1 rings (SSSR count). The average molecular weight is 156 g/mol. The molecule has 3 nitrogen and oxygen atoms in total. The predicted molar refractivity (Wildman–Crippen MR) is 40.1 cm³/mol. The number of ether oxygens (including phenoxy) is 1. The van der Waals surface area contributed by atoms with Crippen LogP contribution in [0.5, 0.6) is 0 Å². The number of aliphatic carboxylic acids is 1. The number of carboxylic acid groups (broad SMARTS) is 1. The molecular weight excluding hydrogens is 144 g/mol. The summed E-state index contributed by atoms with van der Waals surface area (Å²) in [7, 11) is 0. The van der Waals surface area contributed by atoms with Crippen molar-refractivity contribution >= 4 is 5.97 Å². The highest BCUT2D eigenvalue weighted by Crippen LogP contribution is 2.26. The highest BCUT2D eigenvalue weighted by molar-refractivity contribution is 5.77. The standard InChI is InChI=1S/C8H12O3/c1-2-8(7(9)10)5-3-4-6-11-8/h4,6H,2-3,5H2,1H3,(H,9,10). The molecule has 0 fully saturated rings. The number of hydrogen-bond acceptors (Lipinski definition) is 2. The smallest absolute Gasteiger partial charge is 0.348 e. The maximum atomic E-state index is 10.7. The monoisotopic (exact) mass is 156 g/mol. The molecule has 3 heteroatoms. The topological polar surface area (TPSA) is 46.5 Å². The lowest BCUT2D eigenvalue weighted by atomic mass is 9.93. The van der Waals surface area contributed by atoms with E-state index in [2.05, 4.69) is 0 Å². The SMILES string of the molecule is CCC1(C(=O)O)CCC=CO1. The lowest BCUT2D eigenvalue weighted by Gasteiger charge is -2.29. The maximum absolute atomic E-state index is 10.7. The normalized spacial score (nSPS) is 29.5. The molecule has 1 heterocycles. The van der Waals surface area contributed by atoms with Gasteiger partial charge in [0.15, 0.2) is 0 Å². The minimum absolute atomic E-state index is 0.521. The third-order valence-electron chi connectivity index (χ3n) is 2.07. The average Bonchev–Trinajstić information content (AvgIpc) is 2.05. The molecule has 11 heavy (non-hydrogen) atoms. The van der Waals surface area contributed by atoms with Crippen molar-refractivity contribution < 1.29 is 14.6 Å². The van der Waals surface area contributed by atoms with Crippen molar-refractivity contribution in [2.45, 2.75) is 31.8 Å². The van der Waals surface area contributed by atoms with Gasteiger partial charge >= 0.3 is 5.97 Å². The fourth-order valence-electron chi connectivity index (χ4n) is 1.19. The molecular formula is C8H12O3. The first-order valence-electron chi connectivity index (χ1n) is 3.77. The molecule has 1 aliphatic rings. The zero-order valence-electron chi connectivity index (χ0n) is 6.54. The van der Waals surface area contributed by atoms with Gasteiger partial charge in [-0.2, -0.15) is 0 Å². The molecule has 0 radical (unpaired) electrons. The van der Waals surface area contributed by atoms with E-state index < -0.39 is 11.6 Å². The fraction of sp³-hybridized carbons (Fsp3) is 0.625. The van der Waals surface area contributed by atoms with Crippen LogP contribution in [0, 0.1) is 0 Å². The molecule has 0 spiro atoms. The number of allylic oxidation sites excluding steroid dienone is 1. The first-order chi connectivity index (χ1) is 5.21. The van der Waals surface area contributed by atoms with Crippen LogP contribution in [0.2, 0.25) is 0 Å². The summed E-state index contributed by atoms with van der Waals surface area (Å²) in [6.07, 6.45) is 5.22. The van der Waals surface area contributed by atoms with Crippen LogP contribution in [0.15, 0.2) is 12.3 Å². The van der Waals surface area contributed by atoms with Gasteiger partial charge in [-0.1, -0.05) is 6.92 Å². The van der Waals surface area contributed by atoms with E-state index in [0.717, 1.165) is 6.42 Å². The second-order valence-corrected chi connectivity index (χ2v) is 2.68. The molecule has 0 saturated carbocycles. The Labute approximate surface area is 65.7 Å². The van der Waals surface area contributed by atoms with Crippen LogP contribution < -0.4 is 0 Å². The lowest BCUT2D eigenvalue weighted by molar-refractivity contribution is -0.161. The Bertz CT molecular complexity index is 186. The van der Waals surface area contributed by atoms with Crippen molar-refractivity contribution in [1.82, 2.24) is 0 Å². The third kappa shape index (κ3) is 1.37. The summed E-state index contributed by atoms with van der Waals surface area (Å²) in [6, 6.07) is 0. The fourth-order valence-corrected chi connectivity index (χ4v) is 1.19. The Hall–Kier alpha value is -0.990. The summed E-state index contributed by atoms with van der Waals surface area (Å²) in [4.78, 5) is 10.7. The summed E-state index contributed by atoms with van der Waals surface area (Å²) < 4.78 is 5.10. The van der Waals surface area contributed by atoms with E-state index in [1.165, 1.54) is 6.26 Å². The largest absolute Gasteiger partial charge is 0.484 e. The van der Waals surface area contributed by atoms with Gasteiger partial charge in [0, 0.05) is 6.42 Å². The number of carboxylic acids is 1. The molecule has 0 aromatic rings. The van der Waals surface area contributed by atoms with Gasteiger partial charge in [0.05, 0.1) is 6.26 Å². The van der Waals surface area contributed by atoms with Crippen LogP contribution >= 0.6 is 0 Å². The molecule has 62 valence electrons. The lowest BCUT2D eigenvalue weighted by Crippen LogP contribution is -2.40. The Kier molecular flexibility index (Phi) is 2.17. The van der Waals surface area contributed by atoms with Crippen LogP contribution in [0.1, 0.15) is 26.2 Å². The zero-order valence-corrected chi connectivity index (χ0v) is 6.54. The van der Waals surface area contributed by atoms with Gasteiger partial charge in [-0.25, -0.2) is 4.79 Å². The van der Waals surface area contributed by atoms with Crippen molar-refractivity contribution in [2.24, 2.45) is 0 Å². The summed E-state index contributed by atoms with van der Waals surface area (Å²) >= 11 is 0. The minimum Gasteiger partial charge on any atom is -0.484 e. The van der Waals surface area contributed by atoms with Crippen LogP contribution in [0.3, 0.4) is 0 Å². The van der Waals surface area contributed by atoms with Gasteiger partial charge < -0.3 is 9.84 Å². The summed E-state index contributed by atoms with van der Waals surface area (Å²) in [5, 5.41) is 8.83. The van der Waals surface area contributed by atoms with Gasteiger partial charge in [-0.05, 0) is 18.9 Å². The molecule has 0 bridgehead atoms. The molecule has 0 aliphatic carbocycles. The van der Waals surface area contributed by atoms with Gasteiger partial charge in [-0.3, -0.25) is 0 Å². The van der Waals surface area contributed by atoms with Gasteiger partial charge in [0.2, 0.25) is 5.60 Å². The van der Waals surface area contributed by atoms with Gasteiger partial charge in [0.25, 0.3) is 0 Å². The molecule has 1 aliphatic heterocycles. The van der Waals surface area contributed by atoms with Crippen LogP contribution in [-0.2, 0) is 9.53 Å². The van der Waals surface area contributed by atoms with E-state index >= 15 is 0 Å². The molecule has 1 N–H and O–H groups in total. The zero-order chi connectivity index (χ0) is 8.32. The molecule has 0 amide bonds. The van der Waals surface area contributed by atoms with Crippen LogP contribution in [0.4, 0.5) is 0 Å². The first-order valence-corrected chi connectivity index (χ1v) is 3.77. The Morgan fingerprint density at radius 3 is 2.82 bits per heavy atom. The second-order valence-electron chi connectivity index (χ2n) is 2.68. The third-order valence-corrected chi connectivity index (χ3v) is 2.07. The van der Waals surface area contributed by atoms with E-state index in [1.54, 1.807) is 0 Å². The van der Waals surface area contributed by atoms with Crippen molar-refractivity contribution in [3.63, 3.8) is 0 Å². The Morgan fingerprint density at radius 1 is 1.82 bits per heavy atom. The molecule has 0 aromatic carbocycles. The maximum Gasteiger partial charge on any atom is 0.348 e. The molecule has 1 unspecified atom stereocenters. The quantitative estimate of drug-likeness (QED) is 0.659. The van der Waals surface area contributed by atoms with E-state index in [-0.39, 0.29) is 0 Å². The highest BCUT2D eigenvalue weighted by atomic mass is 16.5. The number of carbonyl (C=O) groups is 1. The van der Waals surface area contributed by atoms with Crippen LogP contribution in [-0.4, -0.2) is 16.7 Å². The van der Waals surface area contributed by atoms with Gasteiger partial charge in [-0.15, -0.1) is 0 Å². The van der Waals surface area contributed by atoms with Crippen LogP contribution in [0.25, 0.3) is 0 Å². The Balaban J connectivity index is 2.75. The second kappa shape index (κ2) is 2.95. The van der Waals surface area contributed by atoms with E-state index in [9.17, 15) is 4.79 Å². The molecule has 1 atom stereocenters. The highest BCUT2D eigenvalue weighted by Gasteiger charge is 2.38. The van der Waals surface area contributed by atoms with Crippen molar-refractivity contribution in [3.05, 3.63) is 12.3 Å². The van der Waals surface area contributed by atoms with Crippen molar-refractivity contribution in [2.75, 3.05) is 0 Å². The molecule has 0 saturated heterocycles. The number of hydrogen-bond donors (Lipinski definition) is 1. The van der Waals surface area contributed by atoms with E-state index in [1.807, 2.05) is 13.0 Å². The van der Waals surface area contributed by atoms with Crippen molar-refractivity contribution in [1.29, 1.82) is 0 Å². The molecule has 0 aromatic heterocycles. The first kappa shape index (κ1) is 8.11. The summed E-state index contributed by atoms with van der Waals surface area (Å²) in [5.41, 5.74) is -0.950. The summed E-state index contributed by atoms with van der Waals surface area (Å²) in [5.74, 6) is -0.857. The van der Waals surface area contributed by atoms with E-state index in [4.69, 9.17) is 9.84 Å². The predicted octanol–water partition coefficient (Wildman–Crippen LogP) is 1.54. The Morgan fingerprint density at radius 2 is 2.55 bits per heavy atom. The van der Waals surface area contributed by atoms with Crippen molar-refractivity contribution in [3.8, 4) is 0 Å². The van der Waals surface area contributed by atoms with E-state index in [0.29, 0.717) is 12.8 Å². The van der Waals surface area contributed by atoms with Gasteiger partial charge in [0.1, 0.15) is 0 Å². The number of rotatable bonds is 2.